The van der Waals surface area contributed by atoms with Gasteiger partial charge in [0.15, 0.2) is 0 Å². The molecule has 2 heterocycles. The summed E-state index contributed by atoms with van der Waals surface area (Å²) in [4.78, 5) is 11.7. The maximum Gasteiger partial charge on any atom is 0.315 e. The van der Waals surface area contributed by atoms with Gasteiger partial charge in [-0.1, -0.05) is 11.6 Å². The summed E-state index contributed by atoms with van der Waals surface area (Å²) in [6.07, 6.45) is 6.30. The van der Waals surface area contributed by atoms with E-state index in [2.05, 4.69) is 16.7 Å². The molecule has 0 unspecified atom stereocenters. The molecule has 2 amide bonds. The van der Waals surface area contributed by atoms with Crippen LogP contribution in [0.4, 0.5) is 4.79 Å². The number of carbonyl (C=O) groups is 1. The maximum absolute atomic E-state index is 11.7. The molecule has 0 radical (unpaired) electrons. The van der Waals surface area contributed by atoms with Gasteiger partial charge in [0.1, 0.15) is 0 Å². The number of hydrogen-bond donors (Lipinski definition) is 2. The predicted molar refractivity (Wildman–Crippen MR) is 73.1 cm³/mol. The van der Waals surface area contributed by atoms with Crippen molar-refractivity contribution in [1.82, 2.24) is 10.6 Å². The highest BCUT2D eigenvalue weighted by molar-refractivity contribution is 5.74. The molecule has 0 saturated carbocycles. The van der Waals surface area contributed by atoms with Crippen LogP contribution < -0.4 is 10.6 Å². The van der Waals surface area contributed by atoms with Crippen LogP contribution in [0.2, 0.25) is 0 Å². The molecular weight excluding hydrogens is 244 g/mol. The van der Waals surface area contributed by atoms with E-state index in [1.54, 1.807) is 0 Å². The van der Waals surface area contributed by atoms with E-state index in [9.17, 15) is 4.79 Å². The van der Waals surface area contributed by atoms with Gasteiger partial charge in [-0.3, -0.25) is 0 Å². The number of rotatable bonds is 5. The average molecular weight is 268 g/mol. The highest BCUT2D eigenvalue weighted by atomic mass is 16.5. The van der Waals surface area contributed by atoms with Crippen LogP contribution >= 0.6 is 0 Å². The molecule has 2 aliphatic rings. The van der Waals surface area contributed by atoms with Crippen molar-refractivity contribution in [2.75, 3.05) is 26.4 Å². The van der Waals surface area contributed by atoms with Crippen LogP contribution in [-0.2, 0) is 9.47 Å². The molecule has 2 atom stereocenters. The van der Waals surface area contributed by atoms with E-state index >= 15 is 0 Å². The topological polar surface area (TPSA) is 59.6 Å². The van der Waals surface area contributed by atoms with E-state index in [0.29, 0.717) is 13.2 Å². The molecule has 0 aromatic carbocycles. The monoisotopic (exact) mass is 268 g/mol. The summed E-state index contributed by atoms with van der Waals surface area (Å²) in [7, 11) is 0. The van der Waals surface area contributed by atoms with Crippen molar-refractivity contribution in [1.29, 1.82) is 0 Å². The molecule has 0 bridgehead atoms. The Hall–Kier alpha value is -1.07. The van der Waals surface area contributed by atoms with E-state index in [1.807, 2.05) is 6.92 Å². The minimum Gasteiger partial charge on any atom is -0.377 e. The number of hydrogen-bond acceptors (Lipinski definition) is 3. The molecule has 0 aromatic heterocycles. The van der Waals surface area contributed by atoms with E-state index < -0.39 is 0 Å². The normalized spacial score (nSPS) is 24.7. The lowest BCUT2D eigenvalue weighted by Gasteiger charge is -2.20. The smallest absolute Gasteiger partial charge is 0.315 e. The minimum absolute atomic E-state index is 0.0739. The Morgan fingerprint density at radius 2 is 2.42 bits per heavy atom. The van der Waals surface area contributed by atoms with Crippen LogP contribution in [-0.4, -0.2) is 44.5 Å². The van der Waals surface area contributed by atoms with E-state index in [4.69, 9.17) is 9.47 Å². The molecular formula is C14H24N2O3. The summed E-state index contributed by atoms with van der Waals surface area (Å²) in [5.74, 6) is 0. The van der Waals surface area contributed by atoms with Crippen LogP contribution in [0.1, 0.15) is 32.6 Å². The highest BCUT2D eigenvalue weighted by Crippen LogP contribution is 2.15. The summed E-state index contributed by atoms with van der Waals surface area (Å²) in [5.41, 5.74) is 1.37. The maximum atomic E-state index is 11.7. The Kier molecular flexibility index (Phi) is 5.66. The predicted octanol–water partition coefficient (Wildman–Crippen LogP) is 1.59. The average Bonchev–Trinajstić information content (AvgIpc) is 2.94. The van der Waals surface area contributed by atoms with Crippen molar-refractivity contribution in [3.05, 3.63) is 11.6 Å². The molecule has 0 aliphatic carbocycles. The molecule has 1 fully saturated rings. The minimum atomic E-state index is -0.101. The van der Waals surface area contributed by atoms with E-state index in [1.165, 1.54) is 5.57 Å². The Morgan fingerprint density at radius 1 is 1.53 bits per heavy atom. The Morgan fingerprint density at radius 3 is 3.11 bits per heavy atom. The van der Waals surface area contributed by atoms with Crippen LogP contribution in [0, 0.1) is 0 Å². The van der Waals surface area contributed by atoms with E-state index in [0.717, 1.165) is 38.9 Å². The molecule has 1 saturated heterocycles. The second-order valence-electron chi connectivity index (χ2n) is 5.18. The molecule has 5 nitrogen and oxygen atoms in total. The van der Waals surface area contributed by atoms with Crippen molar-refractivity contribution in [3.8, 4) is 0 Å². The number of urea groups is 1. The fraction of sp³-hybridized carbons (Fsp3) is 0.786. The van der Waals surface area contributed by atoms with Crippen molar-refractivity contribution in [2.45, 2.75) is 44.8 Å². The summed E-state index contributed by atoms with van der Waals surface area (Å²) in [5, 5.41) is 5.84. The van der Waals surface area contributed by atoms with Gasteiger partial charge in [0.25, 0.3) is 0 Å². The second kappa shape index (κ2) is 7.50. The molecule has 0 aromatic rings. The highest BCUT2D eigenvalue weighted by Gasteiger charge is 2.23. The first-order chi connectivity index (χ1) is 9.25. The van der Waals surface area contributed by atoms with Gasteiger partial charge in [0.05, 0.1) is 25.4 Å². The van der Waals surface area contributed by atoms with Gasteiger partial charge in [0.2, 0.25) is 0 Å². The Bertz CT molecular complexity index is 325. The van der Waals surface area contributed by atoms with Crippen molar-refractivity contribution in [3.63, 3.8) is 0 Å². The number of carbonyl (C=O) groups excluding carboxylic acids is 1. The molecule has 5 heteroatoms. The first-order valence-electron chi connectivity index (χ1n) is 7.17. The lowest BCUT2D eigenvalue weighted by Crippen LogP contribution is -2.46. The van der Waals surface area contributed by atoms with Crippen LogP contribution in [0.3, 0.4) is 0 Å². The largest absolute Gasteiger partial charge is 0.377 e. The molecule has 19 heavy (non-hydrogen) atoms. The second-order valence-corrected chi connectivity index (χ2v) is 5.18. The van der Waals surface area contributed by atoms with Gasteiger partial charge in [-0.05, 0) is 32.6 Å². The molecule has 0 spiro atoms. The first kappa shape index (κ1) is 14.3. The fourth-order valence-corrected chi connectivity index (χ4v) is 2.48. The van der Waals surface area contributed by atoms with E-state index in [-0.39, 0.29) is 18.2 Å². The third-order valence-corrected chi connectivity index (χ3v) is 3.67. The SMILES string of the molecule is C[C@H](NC(=O)NCCC1=CCOCC1)[C@@H]1CCCO1. The first-order valence-corrected chi connectivity index (χ1v) is 7.17. The van der Waals surface area contributed by atoms with Gasteiger partial charge in [0, 0.05) is 13.2 Å². The van der Waals surface area contributed by atoms with Crippen LogP contribution in [0.25, 0.3) is 0 Å². The van der Waals surface area contributed by atoms with Gasteiger partial charge in [-0.25, -0.2) is 4.79 Å². The fourth-order valence-electron chi connectivity index (χ4n) is 2.48. The Labute approximate surface area is 114 Å². The van der Waals surface area contributed by atoms with Crippen LogP contribution in [0.15, 0.2) is 11.6 Å². The van der Waals surface area contributed by atoms with Crippen molar-refractivity contribution >= 4 is 6.03 Å². The zero-order chi connectivity index (χ0) is 13.5. The standard InChI is InChI=1S/C14H24N2O3/c1-11(13-3-2-8-19-13)16-14(17)15-7-4-12-5-9-18-10-6-12/h5,11,13H,2-4,6-10H2,1H3,(H2,15,16,17)/t11-,13-/m0/s1. The third-order valence-electron chi connectivity index (χ3n) is 3.67. The summed E-state index contributed by atoms with van der Waals surface area (Å²) < 4.78 is 10.8. The zero-order valence-electron chi connectivity index (χ0n) is 11.6. The van der Waals surface area contributed by atoms with Crippen molar-refractivity contribution < 1.29 is 14.3 Å². The Balaban J connectivity index is 1.59. The van der Waals surface area contributed by atoms with Crippen molar-refractivity contribution in [2.24, 2.45) is 0 Å². The molecule has 2 rings (SSSR count). The van der Waals surface area contributed by atoms with Gasteiger partial charge in [-0.15, -0.1) is 0 Å². The molecule has 108 valence electrons. The zero-order valence-corrected chi connectivity index (χ0v) is 11.6. The summed E-state index contributed by atoms with van der Waals surface area (Å²) in [6, 6.07) is -0.0274. The lowest BCUT2D eigenvalue weighted by atomic mass is 10.1. The third kappa shape index (κ3) is 4.84. The number of ether oxygens (including phenoxy) is 2. The molecule has 2 N–H and O–H groups in total. The van der Waals surface area contributed by atoms with Gasteiger partial charge >= 0.3 is 6.03 Å². The number of amides is 2. The molecule has 2 aliphatic heterocycles. The lowest BCUT2D eigenvalue weighted by molar-refractivity contribution is 0.0860. The van der Waals surface area contributed by atoms with Crippen LogP contribution in [0.5, 0.6) is 0 Å². The summed E-state index contributed by atoms with van der Waals surface area (Å²) >= 11 is 0. The summed E-state index contributed by atoms with van der Waals surface area (Å²) in [6.45, 7) is 4.99. The van der Waals surface area contributed by atoms with Gasteiger partial charge < -0.3 is 20.1 Å². The number of nitrogens with one attached hydrogen (secondary N) is 2. The van der Waals surface area contributed by atoms with Gasteiger partial charge in [-0.2, -0.15) is 0 Å². The quantitative estimate of drug-likeness (QED) is 0.744.